The number of aliphatic hydroxyl groups excluding tert-OH is 1. The molecule has 18 heavy (non-hydrogen) atoms. The van der Waals surface area contributed by atoms with Gasteiger partial charge in [-0.15, -0.1) is 0 Å². The highest BCUT2D eigenvalue weighted by atomic mass is 16.6. The van der Waals surface area contributed by atoms with Gasteiger partial charge in [0.05, 0.1) is 12.0 Å². The Morgan fingerprint density at radius 3 is 2.61 bits per heavy atom. The molecular formula is C15H26O3. The van der Waals surface area contributed by atoms with E-state index in [9.17, 15) is 9.90 Å². The van der Waals surface area contributed by atoms with Crippen LogP contribution in [0, 0.1) is 23.7 Å². The van der Waals surface area contributed by atoms with Gasteiger partial charge in [0.15, 0.2) is 0 Å². The molecule has 3 heteroatoms. The number of rotatable bonds is 0. The Hall–Kier alpha value is -0.570. The zero-order valence-corrected chi connectivity index (χ0v) is 11.8. The van der Waals surface area contributed by atoms with Crippen LogP contribution >= 0.6 is 0 Å². The van der Waals surface area contributed by atoms with Crippen LogP contribution in [0.1, 0.15) is 52.9 Å². The molecule has 0 amide bonds. The van der Waals surface area contributed by atoms with Gasteiger partial charge in [0.25, 0.3) is 0 Å². The fraction of sp³-hybridized carbons (Fsp3) is 0.933. The average Bonchev–Trinajstić information content (AvgIpc) is 2.56. The third-order valence-electron chi connectivity index (χ3n) is 4.92. The summed E-state index contributed by atoms with van der Waals surface area (Å²) in [7, 11) is 0. The Balaban J connectivity index is 2.12. The maximum atomic E-state index is 11.7. The third-order valence-corrected chi connectivity index (χ3v) is 4.92. The minimum Gasteiger partial charge on any atom is -0.462 e. The molecular weight excluding hydrogens is 228 g/mol. The summed E-state index contributed by atoms with van der Waals surface area (Å²) in [5.74, 6) is 1.02. The Bertz CT molecular complexity index is 302. The van der Waals surface area contributed by atoms with Gasteiger partial charge in [-0.25, -0.2) is 0 Å². The van der Waals surface area contributed by atoms with E-state index < -0.39 is 0 Å². The molecule has 1 saturated carbocycles. The summed E-state index contributed by atoms with van der Waals surface area (Å²) in [6.07, 6.45) is 4.84. The van der Waals surface area contributed by atoms with Gasteiger partial charge in [-0.2, -0.15) is 0 Å². The maximum absolute atomic E-state index is 11.7. The van der Waals surface area contributed by atoms with Crippen molar-refractivity contribution < 1.29 is 14.6 Å². The summed E-state index contributed by atoms with van der Waals surface area (Å²) in [4.78, 5) is 11.7. The molecule has 3 nitrogen and oxygen atoms in total. The van der Waals surface area contributed by atoms with Crippen LogP contribution in [0.25, 0.3) is 0 Å². The second-order valence-electron chi connectivity index (χ2n) is 6.48. The number of hydrogen-bond acceptors (Lipinski definition) is 3. The SMILES string of the molecule is CC1CCCC(C)C(O)CC2C(C1)OC(=O)C2C. The van der Waals surface area contributed by atoms with E-state index in [0.29, 0.717) is 18.3 Å². The summed E-state index contributed by atoms with van der Waals surface area (Å²) in [5, 5.41) is 10.2. The van der Waals surface area contributed by atoms with Crippen molar-refractivity contribution >= 4 is 5.97 Å². The molecule has 0 radical (unpaired) electrons. The Labute approximate surface area is 110 Å². The quantitative estimate of drug-likeness (QED) is 0.676. The Kier molecular flexibility index (Phi) is 4.31. The van der Waals surface area contributed by atoms with Gasteiger partial charge < -0.3 is 9.84 Å². The Morgan fingerprint density at radius 1 is 1.17 bits per heavy atom. The summed E-state index contributed by atoms with van der Waals surface area (Å²) in [6, 6.07) is 0. The predicted octanol–water partition coefficient (Wildman–Crippen LogP) is 2.76. The number of ether oxygens (including phenoxy) is 1. The standard InChI is InChI=1S/C15H26O3/c1-9-5-4-6-10(2)13(16)8-12-11(3)15(17)18-14(12)7-9/h9-14,16H,4-8H2,1-3H3. The molecule has 1 saturated heterocycles. The molecule has 104 valence electrons. The van der Waals surface area contributed by atoms with Crippen LogP contribution in [0.2, 0.25) is 0 Å². The summed E-state index contributed by atoms with van der Waals surface area (Å²) in [5.41, 5.74) is 0. The van der Waals surface area contributed by atoms with Crippen LogP contribution in [-0.2, 0) is 9.53 Å². The Morgan fingerprint density at radius 2 is 1.89 bits per heavy atom. The lowest BCUT2D eigenvalue weighted by Crippen LogP contribution is -2.30. The van der Waals surface area contributed by atoms with Crippen molar-refractivity contribution in [2.75, 3.05) is 0 Å². The maximum Gasteiger partial charge on any atom is 0.309 e. The molecule has 1 aliphatic carbocycles. The highest BCUT2D eigenvalue weighted by Gasteiger charge is 2.43. The van der Waals surface area contributed by atoms with Crippen LogP contribution in [0.3, 0.4) is 0 Å². The lowest BCUT2D eigenvalue weighted by molar-refractivity contribution is -0.144. The van der Waals surface area contributed by atoms with Gasteiger partial charge in [0.2, 0.25) is 0 Å². The molecule has 6 atom stereocenters. The minimum atomic E-state index is -0.289. The smallest absolute Gasteiger partial charge is 0.309 e. The highest BCUT2D eigenvalue weighted by molar-refractivity contribution is 5.74. The summed E-state index contributed by atoms with van der Waals surface area (Å²) in [6.45, 7) is 6.31. The van der Waals surface area contributed by atoms with Crippen molar-refractivity contribution in [2.24, 2.45) is 23.7 Å². The first-order chi connectivity index (χ1) is 8.49. The molecule has 0 bridgehead atoms. The molecule has 1 N–H and O–H groups in total. The first kappa shape index (κ1) is 13.9. The van der Waals surface area contributed by atoms with Crippen LogP contribution in [0.15, 0.2) is 0 Å². The highest BCUT2D eigenvalue weighted by Crippen LogP contribution is 2.38. The fourth-order valence-corrected chi connectivity index (χ4v) is 3.43. The largest absolute Gasteiger partial charge is 0.462 e. The van der Waals surface area contributed by atoms with E-state index in [1.54, 1.807) is 0 Å². The number of fused-ring (bicyclic) bond motifs is 1. The van der Waals surface area contributed by atoms with Crippen LogP contribution in [0.5, 0.6) is 0 Å². The lowest BCUT2D eigenvalue weighted by atomic mass is 9.78. The van der Waals surface area contributed by atoms with Crippen LogP contribution in [-0.4, -0.2) is 23.3 Å². The van der Waals surface area contributed by atoms with E-state index in [1.165, 1.54) is 12.8 Å². The summed E-state index contributed by atoms with van der Waals surface area (Å²) >= 11 is 0. The number of esters is 1. The van der Waals surface area contributed by atoms with E-state index in [4.69, 9.17) is 4.74 Å². The van der Waals surface area contributed by atoms with E-state index in [2.05, 4.69) is 13.8 Å². The molecule has 1 heterocycles. The summed E-state index contributed by atoms with van der Waals surface area (Å²) < 4.78 is 5.51. The van der Waals surface area contributed by atoms with Crippen LogP contribution < -0.4 is 0 Å². The minimum absolute atomic E-state index is 0.0300. The first-order valence-corrected chi connectivity index (χ1v) is 7.37. The zero-order valence-electron chi connectivity index (χ0n) is 11.8. The van der Waals surface area contributed by atoms with E-state index in [0.717, 1.165) is 12.8 Å². The number of aliphatic hydroxyl groups is 1. The van der Waals surface area contributed by atoms with Gasteiger partial charge in [0, 0.05) is 5.92 Å². The average molecular weight is 254 g/mol. The van der Waals surface area contributed by atoms with Gasteiger partial charge in [-0.1, -0.05) is 33.6 Å². The molecule has 6 unspecified atom stereocenters. The number of carbonyl (C=O) groups excluding carboxylic acids is 1. The zero-order chi connectivity index (χ0) is 13.3. The topological polar surface area (TPSA) is 46.5 Å². The number of carbonyl (C=O) groups is 1. The first-order valence-electron chi connectivity index (χ1n) is 7.37. The van der Waals surface area contributed by atoms with E-state index in [-0.39, 0.29) is 30.0 Å². The van der Waals surface area contributed by atoms with Crippen molar-refractivity contribution in [1.82, 2.24) is 0 Å². The molecule has 0 aromatic rings. The molecule has 0 aromatic heterocycles. The normalized spacial score (nSPS) is 46.3. The van der Waals surface area contributed by atoms with E-state index >= 15 is 0 Å². The van der Waals surface area contributed by atoms with Crippen molar-refractivity contribution in [3.8, 4) is 0 Å². The second-order valence-corrected chi connectivity index (χ2v) is 6.48. The second kappa shape index (κ2) is 5.60. The van der Waals surface area contributed by atoms with Gasteiger partial charge in [-0.3, -0.25) is 4.79 Å². The molecule has 2 fully saturated rings. The van der Waals surface area contributed by atoms with Crippen molar-refractivity contribution in [3.63, 3.8) is 0 Å². The molecule has 0 aromatic carbocycles. The molecule has 2 aliphatic rings. The number of hydrogen-bond donors (Lipinski definition) is 1. The molecule has 1 aliphatic heterocycles. The van der Waals surface area contributed by atoms with Crippen molar-refractivity contribution in [2.45, 2.75) is 65.1 Å². The fourth-order valence-electron chi connectivity index (χ4n) is 3.43. The van der Waals surface area contributed by atoms with E-state index in [1.807, 2.05) is 6.92 Å². The lowest BCUT2D eigenvalue weighted by Gasteiger charge is -2.29. The molecule has 2 rings (SSSR count). The third kappa shape index (κ3) is 2.87. The predicted molar refractivity (Wildman–Crippen MR) is 70.0 cm³/mol. The monoisotopic (exact) mass is 254 g/mol. The van der Waals surface area contributed by atoms with Crippen molar-refractivity contribution in [1.29, 1.82) is 0 Å². The van der Waals surface area contributed by atoms with Crippen molar-refractivity contribution in [3.05, 3.63) is 0 Å². The van der Waals surface area contributed by atoms with Gasteiger partial charge >= 0.3 is 5.97 Å². The van der Waals surface area contributed by atoms with Gasteiger partial charge in [-0.05, 0) is 31.1 Å². The van der Waals surface area contributed by atoms with Crippen LogP contribution in [0.4, 0.5) is 0 Å². The van der Waals surface area contributed by atoms with Gasteiger partial charge in [0.1, 0.15) is 6.10 Å². The molecule has 0 spiro atoms.